The van der Waals surface area contributed by atoms with Gasteiger partial charge in [-0.25, -0.2) is 4.98 Å². The summed E-state index contributed by atoms with van der Waals surface area (Å²) in [6.45, 7) is 9.27. The number of H-pyrrole nitrogens is 1. The van der Waals surface area contributed by atoms with Crippen LogP contribution in [-0.4, -0.2) is 48.8 Å². The Balaban J connectivity index is 1.57. The largest absolute Gasteiger partial charge is 0.380 e. The Morgan fingerprint density at radius 3 is 2.85 bits per heavy atom. The van der Waals surface area contributed by atoms with Gasteiger partial charge in [0.05, 0.1) is 23.7 Å². The molecule has 34 heavy (non-hydrogen) atoms. The second kappa shape index (κ2) is 11.6. The van der Waals surface area contributed by atoms with E-state index in [0.717, 1.165) is 55.2 Å². The van der Waals surface area contributed by atoms with E-state index in [1.807, 2.05) is 18.3 Å². The first-order valence-electron chi connectivity index (χ1n) is 12.9. The quantitative estimate of drug-likeness (QED) is 0.246. The SMILES string of the molecule is C[Si](C)(C)CCOCC(NC(CCCN)C1CCCc2cccnc21)c1nc2ccccc2[nH]1. The predicted octanol–water partition coefficient (Wildman–Crippen LogP) is 5.17. The summed E-state index contributed by atoms with van der Waals surface area (Å²) in [5.74, 6) is 1.33. The van der Waals surface area contributed by atoms with E-state index in [2.05, 4.69) is 54.2 Å². The fourth-order valence-electron chi connectivity index (χ4n) is 4.96. The number of nitrogens with one attached hydrogen (secondary N) is 2. The first kappa shape index (κ1) is 25.0. The lowest BCUT2D eigenvalue weighted by Crippen LogP contribution is -2.41. The molecule has 4 rings (SSSR count). The summed E-state index contributed by atoms with van der Waals surface area (Å²) in [6.07, 6.45) is 7.41. The summed E-state index contributed by atoms with van der Waals surface area (Å²) in [6, 6.07) is 14.0. The second-order valence-corrected chi connectivity index (χ2v) is 16.4. The Bertz CT molecular complexity index is 1010. The number of pyridine rings is 1. The molecule has 0 spiro atoms. The zero-order valence-electron chi connectivity index (χ0n) is 21.0. The summed E-state index contributed by atoms with van der Waals surface area (Å²) < 4.78 is 6.26. The Hall–Kier alpha value is -2.06. The molecule has 3 unspecified atom stereocenters. The van der Waals surface area contributed by atoms with Gasteiger partial charge in [-0.05, 0) is 68.5 Å². The van der Waals surface area contributed by atoms with Crippen molar-refractivity contribution in [3.05, 3.63) is 59.7 Å². The summed E-state index contributed by atoms with van der Waals surface area (Å²) in [4.78, 5) is 13.3. The van der Waals surface area contributed by atoms with Crippen LogP contribution in [0.1, 0.15) is 54.7 Å². The fraction of sp³-hybridized carbons (Fsp3) is 0.556. The van der Waals surface area contributed by atoms with Crippen molar-refractivity contribution in [3.63, 3.8) is 0 Å². The third kappa shape index (κ3) is 6.53. The molecule has 0 fully saturated rings. The van der Waals surface area contributed by atoms with E-state index in [4.69, 9.17) is 20.4 Å². The molecule has 4 N–H and O–H groups in total. The molecule has 2 aromatic heterocycles. The van der Waals surface area contributed by atoms with E-state index in [-0.39, 0.29) is 12.1 Å². The highest BCUT2D eigenvalue weighted by Crippen LogP contribution is 2.35. The second-order valence-electron chi connectivity index (χ2n) is 10.8. The molecule has 2 heterocycles. The number of para-hydroxylation sites is 2. The average Bonchev–Trinajstić information content (AvgIpc) is 3.26. The number of rotatable bonds is 12. The van der Waals surface area contributed by atoms with Gasteiger partial charge in [0.15, 0.2) is 0 Å². The van der Waals surface area contributed by atoms with Crippen molar-refractivity contribution in [2.75, 3.05) is 19.8 Å². The molecule has 0 radical (unpaired) electrons. The first-order chi connectivity index (χ1) is 16.4. The maximum atomic E-state index is 6.26. The molecule has 0 aliphatic heterocycles. The van der Waals surface area contributed by atoms with Gasteiger partial charge < -0.3 is 20.8 Å². The topological polar surface area (TPSA) is 88.8 Å². The third-order valence-corrected chi connectivity index (χ3v) is 8.58. The van der Waals surface area contributed by atoms with Crippen molar-refractivity contribution >= 4 is 19.1 Å². The van der Waals surface area contributed by atoms with Gasteiger partial charge in [0, 0.05) is 38.5 Å². The van der Waals surface area contributed by atoms with Crippen LogP contribution in [0.5, 0.6) is 0 Å². The molecule has 184 valence electrons. The summed E-state index contributed by atoms with van der Waals surface area (Å²) in [5, 5.41) is 3.97. The highest BCUT2D eigenvalue weighted by molar-refractivity contribution is 6.76. The van der Waals surface area contributed by atoms with E-state index < -0.39 is 8.07 Å². The van der Waals surface area contributed by atoms with Crippen LogP contribution in [0, 0.1) is 0 Å². The van der Waals surface area contributed by atoms with Crippen LogP contribution in [0.2, 0.25) is 25.7 Å². The van der Waals surface area contributed by atoms with Gasteiger partial charge in [-0.15, -0.1) is 0 Å². The number of fused-ring (bicyclic) bond motifs is 2. The molecule has 1 aromatic carbocycles. The molecule has 0 amide bonds. The van der Waals surface area contributed by atoms with Crippen molar-refractivity contribution in [1.82, 2.24) is 20.3 Å². The zero-order valence-corrected chi connectivity index (χ0v) is 22.0. The van der Waals surface area contributed by atoms with Gasteiger partial charge in [0.2, 0.25) is 0 Å². The molecule has 0 saturated heterocycles. The summed E-state index contributed by atoms with van der Waals surface area (Å²) in [5.41, 5.74) is 10.7. The highest BCUT2D eigenvalue weighted by atomic mass is 28.3. The Morgan fingerprint density at radius 1 is 1.21 bits per heavy atom. The Morgan fingerprint density at radius 2 is 2.06 bits per heavy atom. The van der Waals surface area contributed by atoms with Crippen molar-refractivity contribution in [3.8, 4) is 0 Å². The lowest BCUT2D eigenvalue weighted by Gasteiger charge is -2.34. The van der Waals surface area contributed by atoms with Crippen molar-refractivity contribution in [2.24, 2.45) is 5.73 Å². The number of aromatic amines is 1. The molecule has 7 heteroatoms. The van der Waals surface area contributed by atoms with Crippen molar-refractivity contribution in [2.45, 2.75) is 75.8 Å². The predicted molar refractivity (Wildman–Crippen MR) is 143 cm³/mol. The van der Waals surface area contributed by atoms with Crippen LogP contribution in [0.15, 0.2) is 42.6 Å². The third-order valence-electron chi connectivity index (χ3n) is 6.88. The van der Waals surface area contributed by atoms with E-state index >= 15 is 0 Å². The number of imidazole rings is 1. The van der Waals surface area contributed by atoms with Crippen LogP contribution in [0.4, 0.5) is 0 Å². The number of hydrogen-bond acceptors (Lipinski definition) is 5. The van der Waals surface area contributed by atoms with E-state index in [1.165, 1.54) is 17.7 Å². The molecule has 3 aromatic rings. The number of nitrogens with zero attached hydrogens (tertiary/aromatic N) is 2. The van der Waals surface area contributed by atoms with Crippen LogP contribution in [0.3, 0.4) is 0 Å². The monoisotopic (exact) mass is 479 g/mol. The first-order valence-corrected chi connectivity index (χ1v) is 16.6. The molecule has 1 aliphatic carbocycles. The minimum Gasteiger partial charge on any atom is -0.380 e. The van der Waals surface area contributed by atoms with E-state index in [1.54, 1.807) is 0 Å². The van der Waals surface area contributed by atoms with E-state index in [9.17, 15) is 0 Å². The minimum atomic E-state index is -1.14. The molecule has 6 nitrogen and oxygen atoms in total. The van der Waals surface area contributed by atoms with Crippen LogP contribution < -0.4 is 11.1 Å². The maximum absolute atomic E-state index is 6.26. The molecular weight excluding hydrogens is 438 g/mol. The number of ether oxygens (including phenoxy) is 1. The van der Waals surface area contributed by atoms with Crippen LogP contribution in [0.25, 0.3) is 11.0 Å². The average molecular weight is 480 g/mol. The number of hydrogen-bond donors (Lipinski definition) is 3. The van der Waals surface area contributed by atoms with Gasteiger partial charge in [-0.2, -0.15) is 0 Å². The normalized spacial score (nSPS) is 18.1. The molecule has 0 saturated carbocycles. The van der Waals surface area contributed by atoms with Crippen molar-refractivity contribution in [1.29, 1.82) is 0 Å². The van der Waals surface area contributed by atoms with Gasteiger partial charge in [0.25, 0.3) is 0 Å². The number of aromatic nitrogens is 3. The van der Waals surface area contributed by atoms with Gasteiger partial charge in [-0.3, -0.25) is 4.98 Å². The van der Waals surface area contributed by atoms with Gasteiger partial charge in [0.1, 0.15) is 5.82 Å². The van der Waals surface area contributed by atoms with Crippen LogP contribution >= 0.6 is 0 Å². The highest BCUT2D eigenvalue weighted by Gasteiger charge is 2.31. The van der Waals surface area contributed by atoms with E-state index in [0.29, 0.717) is 19.1 Å². The standard InChI is InChI=1S/C27H41N5OSi/c1-34(2,3)18-17-33-19-25(27-31-23-12-4-5-13-24(23)32-27)30-22(14-7-15-28)21-11-6-9-20-10-8-16-29-26(20)21/h4-5,8,10,12-13,16,21-22,25,30H,6-7,9,11,14-15,17-19,28H2,1-3H3,(H,31,32). The Kier molecular flexibility index (Phi) is 8.53. The molecule has 0 bridgehead atoms. The Labute approximate surface area is 205 Å². The zero-order chi connectivity index (χ0) is 24.0. The summed E-state index contributed by atoms with van der Waals surface area (Å²) in [7, 11) is -1.14. The lowest BCUT2D eigenvalue weighted by molar-refractivity contribution is 0.112. The number of aryl methyl sites for hydroxylation is 1. The van der Waals surface area contributed by atoms with Gasteiger partial charge in [-0.1, -0.05) is 37.8 Å². The molecule has 1 aliphatic rings. The van der Waals surface area contributed by atoms with Crippen molar-refractivity contribution < 1.29 is 4.74 Å². The maximum Gasteiger partial charge on any atom is 0.126 e. The number of nitrogens with two attached hydrogens (primary N) is 1. The molecule has 3 atom stereocenters. The minimum absolute atomic E-state index is 0.00843. The smallest absolute Gasteiger partial charge is 0.126 e. The summed E-state index contributed by atoms with van der Waals surface area (Å²) >= 11 is 0. The molecular formula is C27H41N5OSi. The number of benzene rings is 1. The fourth-order valence-corrected chi connectivity index (χ4v) is 5.71. The van der Waals surface area contributed by atoms with Gasteiger partial charge >= 0.3 is 0 Å². The lowest BCUT2D eigenvalue weighted by atomic mass is 9.80. The van der Waals surface area contributed by atoms with Crippen LogP contribution in [-0.2, 0) is 11.2 Å².